The van der Waals surface area contributed by atoms with Crippen LogP contribution in [0.4, 0.5) is 0 Å². The number of nitrogens with two attached hydrogens (primary N) is 1. The Labute approximate surface area is 110 Å². The van der Waals surface area contributed by atoms with Gasteiger partial charge in [-0.3, -0.25) is 4.79 Å². The molecule has 2 aliphatic rings. The maximum absolute atomic E-state index is 12.3. The predicted octanol–water partition coefficient (Wildman–Crippen LogP) is 1.44. The number of amides is 1. The molecule has 0 aromatic rings. The van der Waals surface area contributed by atoms with Gasteiger partial charge in [-0.1, -0.05) is 26.7 Å². The fraction of sp³-hybridized carbons (Fsp3) is 0.929. The van der Waals surface area contributed by atoms with E-state index in [9.17, 15) is 4.79 Å². The van der Waals surface area contributed by atoms with Crippen molar-refractivity contribution in [3.05, 3.63) is 0 Å². The molecule has 1 aliphatic carbocycles. The maximum atomic E-state index is 12.3. The van der Waals surface area contributed by atoms with Crippen LogP contribution in [0.1, 0.15) is 46.0 Å². The van der Waals surface area contributed by atoms with Gasteiger partial charge in [-0.15, -0.1) is 0 Å². The van der Waals surface area contributed by atoms with Crippen molar-refractivity contribution in [2.75, 3.05) is 13.2 Å². The van der Waals surface area contributed by atoms with Crippen LogP contribution in [0.2, 0.25) is 0 Å². The molecule has 2 fully saturated rings. The SMILES string of the molecule is CC1CCCC(CN)(NC(=O)C2OCCC2C)C1. The minimum Gasteiger partial charge on any atom is -0.368 e. The molecule has 0 bridgehead atoms. The van der Waals surface area contributed by atoms with Crippen molar-refractivity contribution in [2.45, 2.75) is 57.6 Å². The molecule has 104 valence electrons. The molecule has 1 saturated carbocycles. The van der Waals surface area contributed by atoms with Crippen molar-refractivity contribution in [2.24, 2.45) is 17.6 Å². The maximum Gasteiger partial charge on any atom is 0.249 e. The molecular weight excluding hydrogens is 228 g/mol. The number of carbonyl (C=O) groups excluding carboxylic acids is 1. The Morgan fingerprint density at radius 2 is 2.22 bits per heavy atom. The first-order valence-electron chi connectivity index (χ1n) is 7.20. The molecule has 4 heteroatoms. The third-order valence-corrected chi connectivity index (χ3v) is 4.52. The molecule has 1 saturated heterocycles. The van der Waals surface area contributed by atoms with Gasteiger partial charge in [0.1, 0.15) is 6.10 Å². The van der Waals surface area contributed by atoms with Crippen LogP contribution in [-0.2, 0) is 9.53 Å². The van der Waals surface area contributed by atoms with Crippen LogP contribution in [0, 0.1) is 11.8 Å². The number of ether oxygens (including phenoxy) is 1. The molecular formula is C14H26N2O2. The summed E-state index contributed by atoms with van der Waals surface area (Å²) in [4.78, 5) is 12.3. The minimum absolute atomic E-state index is 0.0413. The molecule has 1 heterocycles. The summed E-state index contributed by atoms with van der Waals surface area (Å²) in [5, 5.41) is 3.20. The Morgan fingerprint density at radius 3 is 2.78 bits per heavy atom. The van der Waals surface area contributed by atoms with Gasteiger partial charge in [0, 0.05) is 13.2 Å². The largest absolute Gasteiger partial charge is 0.368 e. The van der Waals surface area contributed by atoms with Crippen molar-refractivity contribution in [3.8, 4) is 0 Å². The van der Waals surface area contributed by atoms with Crippen LogP contribution in [0.5, 0.6) is 0 Å². The van der Waals surface area contributed by atoms with Gasteiger partial charge in [0.15, 0.2) is 0 Å². The van der Waals surface area contributed by atoms with Gasteiger partial charge >= 0.3 is 0 Å². The van der Waals surface area contributed by atoms with Gasteiger partial charge in [-0.05, 0) is 31.1 Å². The van der Waals surface area contributed by atoms with Crippen LogP contribution >= 0.6 is 0 Å². The summed E-state index contributed by atoms with van der Waals surface area (Å²) in [6, 6.07) is 0. The first-order chi connectivity index (χ1) is 8.56. The summed E-state index contributed by atoms with van der Waals surface area (Å²) >= 11 is 0. The Hall–Kier alpha value is -0.610. The fourth-order valence-corrected chi connectivity index (χ4v) is 3.37. The lowest BCUT2D eigenvalue weighted by Gasteiger charge is -2.40. The van der Waals surface area contributed by atoms with Crippen LogP contribution in [0.15, 0.2) is 0 Å². The Balaban J connectivity index is 1.99. The van der Waals surface area contributed by atoms with Crippen molar-refractivity contribution in [1.29, 1.82) is 0 Å². The summed E-state index contributed by atoms with van der Waals surface area (Å²) in [5.41, 5.74) is 5.73. The Morgan fingerprint density at radius 1 is 1.44 bits per heavy atom. The average Bonchev–Trinajstić information content (AvgIpc) is 2.75. The van der Waals surface area contributed by atoms with Gasteiger partial charge in [-0.2, -0.15) is 0 Å². The summed E-state index contributed by atoms with van der Waals surface area (Å²) in [6.45, 7) is 5.55. The van der Waals surface area contributed by atoms with E-state index in [2.05, 4.69) is 19.2 Å². The van der Waals surface area contributed by atoms with E-state index in [-0.39, 0.29) is 17.6 Å². The van der Waals surface area contributed by atoms with Crippen LogP contribution in [-0.4, -0.2) is 30.7 Å². The van der Waals surface area contributed by atoms with Gasteiger partial charge in [-0.25, -0.2) is 0 Å². The summed E-state index contributed by atoms with van der Waals surface area (Å²) in [5.74, 6) is 1.00. The topological polar surface area (TPSA) is 64.3 Å². The zero-order valence-corrected chi connectivity index (χ0v) is 11.6. The zero-order chi connectivity index (χ0) is 13.2. The lowest BCUT2D eigenvalue weighted by Crippen LogP contribution is -2.58. The van der Waals surface area contributed by atoms with Gasteiger partial charge in [0.25, 0.3) is 0 Å². The van der Waals surface area contributed by atoms with E-state index in [1.54, 1.807) is 0 Å². The quantitative estimate of drug-likeness (QED) is 0.801. The molecule has 1 amide bonds. The molecule has 1 aliphatic heterocycles. The van der Waals surface area contributed by atoms with E-state index >= 15 is 0 Å². The smallest absolute Gasteiger partial charge is 0.249 e. The molecule has 0 radical (unpaired) electrons. The van der Waals surface area contributed by atoms with E-state index in [1.165, 1.54) is 6.42 Å². The summed E-state index contributed by atoms with van der Waals surface area (Å²) in [7, 11) is 0. The highest BCUT2D eigenvalue weighted by atomic mass is 16.5. The van der Waals surface area contributed by atoms with Crippen molar-refractivity contribution < 1.29 is 9.53 Å². The molecule has 4 nitrogen and oxygen atoms in total. The van der Waals surface area contributed by atoms with E-state index in [0.717, 1.165) is 25.7 Å². The molecule has 0 spiro atoms. The van der Waals surface area contributed by atoms with E-state index in [4.69, 9.17) is 10.5 Å². The van der Waals surface area contributed by atoms with Crippen LogP contribution in [0.25, 0.3) is 0 Å². The second-order valence-electron chi connectivity index (χ2n) is 6.23. The average molecular weight is 254 g/mol. The highest BCUT2D eigenvalue weighted by Crippen LogP contribution is 2.32. The Bertz CT molecular complexity index is 308. The molecule has 4 unspecified atom stereocenters. The minimum atomic E-state index is -0.273. The summed E-state index contributed by atoms with van der Waals surface area (Å²) in [6.07, 6.45) is 5.10. The fourth-order valence-electron chi connectivity index (χ4n) is 3.37. The number of hydrogen-bond acceptors (Lipinski definition) is 3. The second-order valence-corrected chi connectivity index (χ2v) is 6.23. The van der Waals surface area contributed by atoms with Crippen LogP contribution < -0.4 is 11.1 Å². The molecule has 0 aromatic heterocycles. The molecule has 3 N–H and O–H groups in total. The highest BCUT2D eigenvalue weighted by molar-refractivity contribution is 5.82. The van der Waals surface area contributed by atoms with Crippen molar-refractivity contribution >= 4 is 5.91 Å². The van der Waals surface area contributed by atoms with Gasteiger partial charge in [0.2, 0.25) is 5.91 Å². The molecule has 0 aromatic carbocycles. The number of carbonyl (C=O) groups is 1. The third-order valence-electron chi connectivity index (χ3n) is 4.52. The van der Waals surface area contributed by atoms with E-state index in [1.807, 2.05) is 0 Å². The van der Waals surface area contributed by atoms with Crippen molar-refractivity contribution in [3.63, 3.8) is 0 Å². The first kappa shape index (κ1) is 13.8. The second kappa shape index (κ2) is 5.57. The third kappa shape index (κ3) is 2.86. The van der Waals surface area contributed by atoms with Crippen molar-refractivity contribution in [1.82, 2.24) is 5.32 Å². The normalized spacial score (nSPS) is 40.7. The van der Waals surface area contributed by atoms with E-state index < -0.39 is 0 Å². The lowest BCUT2D eigenvalue weighted by atomic mass is 9.76. The standard InChI is InChI=1S/C14H26N2O2/c1-10-4-3-6-14(8-10,9-15)16-13(17)12-11(2)5-7-18-12/h10-12H,3-9,15H2,1-2H3,(H,16,17). The molecule has 4 atom stereocenters. The highest BCUT2D eigenvalue weighted by Gasteiger charge is 2.39. The molecule has 18 heavy (non-hydrogen) atoms. The van der Waals surface area contributed by atoms with Gasteiger partial charge in [0.05, 0.1) is 5.54 Å². The van der Waals surface area contributed by atoms with Crippen LogP contribution in [0.3, 0.4) is 0 Å². The lowest BCUT2D eigenvalue weighted by molar-refractivity contribution is -0.134. The number of hydrogen-bond donors (Lipinski definition) is 2. The first-order valence-corrected chi connectivity index (χ1v) is 7.20. The zero-order valence-electron chi connectivity index (χ0n) is 11.6. The predicted molar refractivity (Wildman–Crippen MR) is 71.1 cm³/mol. The monoisotopic (exact) mass is 254 g/mol. The summed E-state index contributed by atoms with van der Waals surface area (Å²) < 4.78 is 5.53. The Kier molecular flexibility index (Phi) is 4.28. The number of nitrogens with one attached hydrogen (secondary N) is 1. The number of rotatable bonds is 3. The van der Waals surface area contributed by atoms with Gasteiger partial charge < -0.3 is 15.8 Å². The van der Waals surface area contributed by atoms with E-state index in [0.29, 0.717) is 25.0 Å². The molecule has 2 rings (SSSR count).